The van der Waals surface area contributed by atoms with Crippen molar-refractivity contribution in [3.63, 3.8) is 0 Å². The monoisotopic (exact) mass is 181 g/mol. The van der Waals surface area contributed by atoms with Gasteiger partial charge in [0.05, 0.1) is 0 Å². The lowest BCUT2D eigenvalue weighted by Crippen LogP contribution is -2.05. The molecule has 0 unspecified atom stereocenters. The molecule has 2 N–H and O–H groups in total. The van der Waals surface area contributed by atoms with Crippen LogP contribution in [0.5, 0.6) is 0 Å². The number of rotatable bonds is 2. The summed E-state index contributed by atoms with van der Waals surface area (Å²) in [7, 11) is 0. The van der Waals surface area contributed by atoms with Gasteiger partial charge in [-0.05, 0) is 13.5 Å². The van der Waals surface area contributed by atoms with Crippen LogP contribution in [-0.4, -0.2) is 15.9 Å². The van der Waals surface area contributed by atoms with Crippen molar-refractivity contribution in [3.8, 4) is 0 Å². The maximum atomic E-state index is 5.50. The van der Waals surface area contributed by atoms with Gasteiger partial charge in [-0.25, -0.2) is 4.98 Å². The summed E-state index contributed by atoms with van der Waals surface area (Å²) in [5.41, 5.74) is 7.96. The number of fused-ring (bicyclic) bond motifs is 1. The molecule has 0 atom stereocenters. The Kier molecular flexibility index (Phi) is 1.86. The van der Waals surface area contributed by atoms with E-state index in [-0.39, 0.29) is 0 Å². The molecule has 0 bridgehead atoms. The Morgan fingerprint density at radius 3 is 3.25 bits per heavy atom. The normalized spacial score (nSPS) is 11.2. The summed E-state index contributed by atoms with van der Waals surface area (Å²) >= 11 is 1.67. The van der Waals surface area contributed by atoms with E-state index in [1.807, 2.05) is 6.20 Å². The molecule has 0 amide bonds. The molecular formula is C8H11N3S. The highest BCUT2D eigenvalue weighted by atomic mass is 32.1. The van der Waals surface area contributed by atoms with Crippen molar-refractivity contribution in [2.24, 2.45) is 5.73 Å². The molecule has 0 spiro atoms. The molecule has 64 valence electrons. The van der Waals surface area contributed by atoms with E-state index in [4.69, 9.17) is 5.73 Å². The first-order valence-corrected chi connectivity index (χ1v) is 4.81. The minimum Gasteiger partial charge on any atom is -0.330 e. The Morgan fingerprint density at radius 2 is 2.50 bits per heavy atom. The van der Waals surface area contributed by atoms with E-state index >= 15 is 0 Å². The summed E-state index contributed by atoms with van der Waals surface area (Å²) in [5.74, 6) is 0. The first kappa shape index (κ1) is 7.76. The average molecular weight is 181 g/mol. The molecule has 0 aliphatic heterocycles. The van der Waals surface area contributed by atoms with E-state index in [1.165, 1.54) is 11.4 Å². The summed E-state index contributed by atoms with van der Waals surface area (Å²) in [4.78, 5) is 5.33. The van der Waals surface area contributed by atoms with Crippen molar-refractivity contribution in [3.05, 3.63) is 23.0 Å². The van der Waals surface area contributed by atoms with Gasteiger partial charge in [0.2, 0.25) is 0 Å². The maximum Gasteiger partial charge on any atom is 0.194 e. The van der Waals surface area contributed by atoms with Gasteiger partial charge in [-0.1, -0.05) is 0 Å². The summed E-state index contributed by atoms with van der Waals surface area (Å²) in [6, 6.07) is 0. The number of thiazole rings is 1. The van der Waals surface area contributed by atoms with Crippen molar-refractivity contribution in [1.29, 1.82) is 0 Å². The predicted octanol–water partition coefficient (Wildman–Crippen LogP) is 1.21. The zero-order chi connectivity index (χ0) is 8.55. The van der Waals surface area contributed by atoms with Crippen LogP contribution < -0.4 is 5.73 Å². The van der Waals surface area contributed by atoms with Crippen LogP contribution in [0.2, 0.25) is 0 Å². The number of hydrogen-bond acceptors (Lipinski definition) is 3. The quantitative estimate of drug-likeness (QED) is 0.756. The van der Waals surface area contributed by atoms with Gasteiger partial charge in [0, 0.05) is 29.4 Å². The van der Waals surface area contributed by atoms with Crippen LogP contribution in [0.3, 0.4) is 0 Å². The molecule has 0 saturated carbocycles. The zero-order valence-electron chi connectivity index (χ0n) is 6.95. The number of nitrogens with zero attached hydrogens (tertiary/aromatic N) is 2. The first-order chi connectivity index (χ1) is 5.83. The van der Waals surface area contributed by atoms with Crippen LogP contribution in [0.1, 0.15) is 11.4 Å². The van der Waals surface area contributed by atoms with Gasteiger partial charge in [0.15, 0.2) is 4.96 Å². The summed E-state index contributed by atoms with van der Waals surface area (Å²) in [6.45, 7) is 2.76. The first-order valence-electron chi connectivity index (χ1n) is 3.93. The van der Waals surface area contributed by atoms with Crippen LogP contribution in [0, 0.1) is 6.92 Å². The Balaban J connectivity index is 2.59. The molecule has 0 aromatic carbocycles. The van der Waals surface area contributed by atoms with Gasteiger partial charge in [-0.2, -0.15) is 0 Å². The molecule has 0 radical (unpaired) electrons. The Labute approximate surface area is 74.8 Å². The Bertz CT molecular complexity index is 388. The smallest absolute Gasteiger partial charge is 0.194 e. The standard InChI is InChI=1S/C8H11N3S/c1-6-4-10-8-11(6)7(2-3-9)5-12-8/h4-5H,2-3,9H2,1H3. The van der Waals surface area contributed by atoms with E-state index in [0.29, 0.717) is 6.54 Å². The maximum absolute atomic E-state index is 5.50. The second-order valence-electron chi connectivity index (χ2n) is 2.78. The highest BCUT2D eigenvalue weighted by molar-refractivity contribution is 7.15. The van der Waals surface area contributed by atoms with Gasteiger partial charge in [-0.15, -0.1) is 11.3 Å². The number of nitrogens with two attached hydrogens (primary N) is 1. The fourth-order valence-electron chi connectivity index (χ4n) is 1.34. The lowest BCUT2D eigenvalue weighted by atomic mass is 10.3. The van der Waals surface area contributed by atoms with E-state index < -0.39 is 0 Å². The Morgan fingerprint density at radius 1 is 1.67 bits per heavy atom. The van der Waals surface area contributed by atoms with Crippen LogP contribution in [0.25, 0.3) is 4.96 Å². The highest BCUT2D eigenvalue weighted by Gasteiger charge is 2.05. The molecule has 0 aliphatic carbocycles. The van der Waals surface area contributed by atoms with Gasteiger partial charge >= 0.3 is 0 Å². The minimum absolute atomic E-state index is 0.698. The van der Waals surface area contributed by atoms with Crippen molar-refractivity contribution in [2.75, 3.05) is 6.54 Å². The largest absolute Gasteiger partial charge is 0.330 e. The molecule has 3 nitrogen and oxygen atoms in total. The Hall–Kier alpha value is -0.870. The van der Waals surface area contributed by atoms with Crippen molar-refractivity contribution in [1.82, 2.24) is 9.38 Å². The van der Waals surface area contributed by atoms with Gasteiger partial charge < -0.3 is 5.73 Å². The molecule has 2 aromatic heterocycles. The third-order valence-electron chi connectivity index (χ3n) is 1.89. The fraction of sp³-hybridized carbons (Fsp3) is 0.375. The SMILES string of the molecule is Cc1cnc2scc(CCN)n12. The van der Waals surface area contributed by atoms with E-state index in [0.717, 1.165) is 11.4 Å². The van der Waals surface area contributed by atoms with E-state index in [1.54, 1.807) is 11.3 Å². The number of imidazole rings is 1. The van der Waals surface area contributed by atoms with Crippen LogP contribution >= 0.6 is 11.3 Å². The zero-order valence-corrected chi connectivity index (χ0v) is 7.77. The van der Waals surface area contributed by atoms with Gasteiger partial charge in [0.25, 0.3) is 0 Å². The van der Waals surface area contributed by atoms with Crippen molar-refractivity contribution in [2.45, 2.75) is 13.3 Å². The highest BCUT2D eigenvalue weighted by Crippen LogP contribution is 2.17. The molecule has 0 fully saturated rings. The third-order valence-corrected chi connectivity index (χ3v) is 2.78. The molecule has 0 aliphatic rings. The lowest BCUT2D eigenvalue weighted by molar-refractivity contribution is 0.896. The van der Waals surface area contributed by atoms with E-state index in [2.05, 4.69) is 21.7 Å². The summed E-state index contributed by atoms with van der Waals surface area (Å²) < 4.78 is 2.16. The number of aromatic nitrogens is 2. The molecule has 0 saturated heterocycles. The summed E-state index contributed by atoms with van der Waals surface area (Å²) in [6.07, 6.45) is 2.82. The second kappa shape index (κ2) is 2.88. The van der Waals surface area contributed by atoms with Gasteiger partial charge in [-0.3, -0.25) is 4.40 Å². The fourth-order valence-corrected chi connectivity index (χ4v) is 2.28. The van der Waals surface area contributed by atoms with Crippen LogP contribution in [0.15, 0.2) is 11.6 Å². The van der Waals surface area contributed by atoms with Gasteiger partial charge in [0.1, 0.15) is 0 Å². The van der Waals surface area contributed by atoms with Crippen LogP contribution in [-0.2, 0) is 6.42 Å². The average Bonchev–Trinajstić information content (AvgIpc) is 2.58. The van der Waals surface area contributed by atoms with Crippen molar-refractivity contribution < 1.29 is 0 Å². The topological polar surface area (TPSA) is 43.3 Å². The molecule has 2 aromatic rings. The molecule has 2 heterocycles. The second-order valence-corrected chi connectivity index (χ2v) is 3.62. The molecule has 12 heavy (non-hydrogen) atoms. The molecule has 4 heteroatoms. The van der Waals surface area contributed by atoms with Crippen LogP contribution in [0.4, 0.5) is 0 Å². The minimum atomic E-state index is 0.698. The third kappa shape index (κ3) is 1.04. The number of hydrogen-bond donors (Lipinski definition) is 1. The predicted molar refractivity (Wildman–Crippen MR) is 50.6 cm³/mol. The lowest BCUT2D eigenvalue weighted by Gasteiger charge is -1.96. The van der Waals surface area contributed by atoms with E-state index in [9.17, 15) is 0 Å². The molecule has 2 rings (SSSR count). The summed E-state index contributed by atoms with van der Waals surface area (Å²) in [5, 5.41) is 2.13. The number of aryl methyl sites for hydroxylation is 1. The molecular weight excluding hydrogens is 170 g/mol. The van der Waals surface area contributed by atoms with Crippen molar-refractivity contribution >= 4 is 16.3 Å².